The summed E-state index contributed by atoms with van der Waals surface area (Å²) < 4.78 is 0. The molecule has 0 heterocycles. The molecule has 0 aromatic heterocycles. The average molecular weight is 1050 g/mol. The number of halogens is 3. The van der Waals surface area contributed by atoms with Crippen LogP contribution in [0.1, 0.15) is 122 Å². The maximum atomic E-state index is 2.38. The Balaban J connectivity index is 0.000000451. The van der Waals surface area contributed by atoms with E-state index < -0.39 is 0 Å². The summed E-state index contributed by atoms with van der Waals surface area (Å²) in [6.07, 6.45) is 16.2. The molecule has 9 heteroatoms. The normalized spacial score (nSPS) is 13.0. The first kappa shape index (κ1) is 60.4. The third-order valence-corrected chi connectivity index (χ3v) is 17.8. The quantitative estimate of drug-likeness (QED) is 0.152. The predicted octanol–water partition coefficient (Wildman–Crippen LogP) is 1.30. The molecule has 0 saturated heterocycles. The zero-order valence-corrected chi connectivity index (χ0v) is 48.4. The van der Waals surface area contributed by atoms with Gasteiger partial charge in [-0.2, -0.15) is 68.3 Å². The molecule has 0 fully saturated rings. The van der Waals surface area contributed by atoms with Crippen LogP contribution < -0.4 is 52.8 Å². The van der Waals surface area contributed by atoms with Crippen LogP contribution in [-0.2, 0) is 122 Å². The van der Waals surface area contributed by atoms with Gasteiger partial charge in [0.2, 0.25) is 0 Å². The van der Waals surface area contributed by atoms with E-state index in [0.717, 1.165) is 28.6 Å². The van der Waals surface area contributed by atoms with Crippen molar-refractivity contribution in [1.29, 1.82) is 0 Å². The summed E-state index contributed by atoms with van der Waals surface area (Å²) in [5.41, 5.74) is 23.5. The van der Waals surface area contributed by atoms with Gasteiger partial charge in [-0.15, -0.1) is 0 Å². The van der Waals surface area contributed by atoms with Gasteiger partial charge < -0.3 is 37.2 Å². The number of hydrogen-bond donors (Lipinski definition) is 0. The molecule has 6 aromatic rings. The smallest absolute Gasteiger partial charge is 1.00 e. The van der Waals surface area contributed by atoms with Crippen LogP contribution in [-0.4, -0.2) is 28.6 Å². The van der Waals surface area contributed by atoms with Crippen molar-refractivity contribution in [3.8, 4) is 0 Å². The molecule has 3 aliphatic rings. The molecule has 9 rings (SSSR count). The Labute approximate surface area is 453 Å². The molecule has 6 aromatic carbocycles. The van der Waals surface area contributed by atoms with Crippen LogP contribution in [0, 0.1) is 41.5 Å². The Morgan fingerprint density at radius 2 is 0.619 bits per heavy atom. The van der Waals surface area contributed by atoms with E-state index in [-0.39, 0.29) is 102 Å². The van der Waals surface area contributed by atoms with E-state index >= 15 is 0 Å². The third-order valence-electron chi connectivity index (χ3n) is 13.4. The Kier molecular flexibility index (Phi) is 28.7. The summed E-state index contributed by atoms with van der Waals surface area (Å²) in [7, 11) is 2.75. The SMILES string of the molecule is Cc1cccc([Si]C[c-]2ccc3c2CCCC3)c1C.Cc1cccc([Si]C[c-]2ccc3c2CCCC3)c1C.Cc1cccc([Si]C[c-]2ccc3c2CCCC3)c1C.[Cl-].[Cl-].[Cl-].[Ti+2].[Ti+2].[Ti+2]. The second-order valence-electron chi connectivity index (χ2n) is 17.0. The van der Waals surface area contributed by atoms with Crippen LogP contribution in [0.15, 0.2) is 91.0 Å². The largest absolute Gasteiger partial charge is 2.00 e. The zero-order chi connectivity index (χ0) is 39.7. The Morgan fingerprint density at radius 1 is 0.365 bits per heavy atom. The van der Waals surface area contributed by atoms with Gasteiger partial charge in [0.05, 0.1) is 28.6 Å². The van der Waals surface area contributed by atoms with Crippen molar-refractivity contribution in [2.24, 2.45) is 0 Å². The monoisotopic (exact) mass is 1040 g/mol. The molecule has 3 aliphatic carbocycles. The zero-order valence-electron chi connectivity index (χ0n) is 38.4. The molecule has 0 aliphatic heterocycles. The van der Waals surface area contributed by atoms with Crippen molar-refractivity contribution < 1.29 is 102 Å². The van der Waals surface area contributed by atoms with E-state index in [0.29, 0.717) is 0 Å². The van der Waals surface area contributed by atoms with E-state index in [1.165, 1.54) is 129 Å². The van der Waals surface area contributed by atoms with Gasteiger partial charge in [-0.05, 0) is 74.9 Å². The number of rotatable bonds is 9. The molecule has 0 unspecified atom stereocenters. The predicted molar refractivity (Wildman–Crippen MR) is 251 cm³/mol. The van der Waals surface area contributed by atoms with E-state index in [1.54, 1.807) is 65.6 Å². The molecule has 0 bridgehead atoms. The summed E-state index contributed by atoms with van der Waals surface area (Å²) in [6.45, 7) is 13.4. The molecule has 0 N–H and O–H groups in total. The molecule has 0 amide bonds. The summed E-state index contributed by atoms with van der Waals surface area (Å²) in [5, 5.41) is 4.64. The fraction of sp³-hybridized carbons (Fsp3) is 0.389. The molecule has 0 nitrogen and oxygen atoms in total. The van der Waals surface area contributed by atoms with E-state index in [2.05, 4.69) is 133 Å². The first-order chi connectivity index (χ1) is 27.8. The van der Waals surface area contributed by atoms with Crippen LogP contribution in [0.25, 0.3) is 0 Å². The van der Waals surface area contributed by atoms with Crippen molar-refractivity contribution in [3.05, 3.63) is 174 Å². The maximum Gasteiger partial charge on any atom is 2.00 e. The standard InChI is InChI=1S/3C18H21Si.3ClH.3Ti/c3*1-13-6-5-9-18(14(13)2)19-12-16-11-10-15-7-3-4-8-17(15)16;;;;;;/h3*5-6,9-11H,3-4,7-8,12H2,1-2H3;3*1H;;;/q3*-1;;;;3*+2/p-3. The summed E-state index contributed by atoms with van der Waals surface area (Å²) in [4.78, 5) is 0. The van der Waals surface area contributed by atoms with Crippen molar-refractivity contribution in [3.63, 3.8) is 0 Å². The fourth-order valence-corrected chi connectivity index (χ4v) is 13.4. The van der Waals surface area contributed by atoms with Crippen LogP contribution in [0.4, 0.5) is 0 Å². The summed E-state index contributed by atoms with van der Waals surface area (Å²) >= 11 is 0. The Morgan fingerprint density at radius 3 is 0.889 bits per heavy atom. The molecule has 324 valence electrons. The molecular weight excluding hydrogens is 983 g/mol. The minimum atomic E-state index is 0. The number of hydrogen-bond acceptors (Lipinski definition) is 0. The van der Waals surface area contributed by atoms with Crippen molar-refractivity contribution in [1.82, 2.24) is 0 Å². The first-order valence-corrected chi connectivity index (χ1v) is 25.6. The second-order valence-corrected chi connectivity index (χ2v) is 20.7. The minimum absolute atomic E-state index is 0. The molecule has 63 heavy (non-hydrogen) atoms. The average Bonchev–Trinajstić information content (AvgIpc) is 3.97. The second kappa shape index (κ2) is 30.0. The van der Waals surface area contributed by atoms with Gasteiger partial charge in [-0.3, -0.25) is 0 Å². The first-order valence-electron chi connectivity index (χ1n) is 22.0. The van der Waals surface area contributed by atoms with Crippen LogP contribution >= 0.6 is 0 Å². The molecule has 6 radical (unpaired) electrons. The van der Waals surface area contributed by atoms with Gasteiger partial charge in [-0.1, -0.05) is 165 Å². The van der Waals surface area contributed by atoms with Gasteiger partial charge >= 0.3 is 65.2 Å². The van der Waals surface area contributed by atoms with Gasteiger partial charge in [0, 0.05) is 0 Å². The summed E-state index contributed by atoms with van der Waals surface area (Å²) in [6, 6.07) is 38.1. The van der Waals surface area contributed by atoms with Crippen LogP contribution in [0.3, 0.4) is 0 Å². The number of aryl methyl sites for hydroxylation is 6. The molecular formula is C54H63Cl3Si3Ti3. The van der Waals surface area contributed by atoms with E-state index in [9.17, 15) is 0 Å². The number of benzene rings is 3. The Bertz CT molecular complexity index is 2020. The fourth-order valence-electron chi connectivity index (χ4n) is 9.24. The Hall–Kier alpha value is -0.626. The van der Waals surface area contributed by atoms with Gasteiger partial charge in [-0.25, -0.2) is 18.2 Å². The minimum Gasteiger partial charge on any atom is -1.00 e. The number of fused-ring (bicyclic) bond motifs is 3. The van der Waals surface area contributed by atoms with Crippen molar-refractivity contribution in [2.75, 3.05) is 0 Å². The van der Waals surface area contributed by atoms with E-state index in [4.69, 9.17) is 0 Å². The van der Waals surface area contributed by atoms with Gasteiger partial charge in [0.15, 0.2) is 0 Å². The van der Waals surface area contributed by atoms with Crippen molar-refractivity contribution in [2.45, 2.75) is 137 Å². The summed E-state index contributed by atoms with van der Waals surface area (Å²) in [5.74, 6) is 0. The van der Waals surface area contributed by atoms with Gasteiger partial charge in [0.1, 0.15) is 0 Å². The molecule has 0 atom stereocenters. The topological polar surface area (TPSA) is 0 Å². The van der Waals surface area contributed by atoms with Crippen molar-refractivity contribution >= 4 is 44.1 Å². The van der Waals surface area contributed by atoms with Crippen LogP contribution in [0.5, 0.6) is 0 Å². The maximum absolute atomic E-state index is 2.38. The van der Waals surface area contributed by atoms with E-state index in [1.807, 2.05) is 0 Å². The van der Waals surface area contributed by atoms with Crippen LogP contribution in [0.2, 0.25) is 0 Å². The molecule has 0 spiro atoms. The van der Waals surface area contributed by atoms with Gasteiger partial charge in [0.25, 0.3) is 0 Å². The molecule has 0 saturated carbocycles. The third kappa shape index (κ3) is 16.0.